The Bertz CT molecular complexity index is 1040. The van der Waals surface area contributed by atoms with Crippen molar-refractivity contribution in [1.82, 2.24) is 9.71 Å². The molecule has 1 aliphatic rings. The molecule has 2 aromatic rings. The number of amides is 1. The number of carbonyl (C=O) groups excluding carboxylic acids is 1. The largest absolute Gasteiger partial charge is 0.372 e. The van der Waals surface area contributed by atoms with Gasteiger partial charge in [-0.1, -0.05) is 31.5 Å². The summed E-state index contributed by atoms with van der Waals surface area (Å²) < 4.78 is 34.0. The third-order valence-electron chi connectivity index (χ3n) is 5.48. The van der Waals surface area contributed by atoms with Crippen molar-refractivity contribution in [2.45, 2.75) is 64.1 Å². The van der Waals surface area contributed by atoms with Gasteiger partial charge in [0.1, 0.15) is 4.90 Å². The Kier molecular flexibility index (Phi) is 5.71. The van der Waals surface area contributed by atoms with Crippen LogP contribution < -0.4 is 4.72 Å². The number of ether oxygens (including phenoxy) is 1. The van der Waals surface area contributed by atoms with Crippen molar-refractivity contribution < 1.29 is 17.9 Å². The molecule has 29 heavy (non-hydrogen) atoms. The summed E-state index contributed by atoms with van der Waals surface area (Å²) in [7, 11) is -4.10. The molecule has 1 N–H and O–H groups in total. The fourth-order valence-corrected chi connectivity index (χ4v) is 5.23. The summed E-state index contributed by atoms with van der Waals surface area (Å²) in [5.74, 6) is -0.499. The molecule has 1 aromatic carbocycles. The predicted octanol–water partition coefficient (Wildman–Crippen LogP) is 4.31. The molecule has 158 valence electrons. The lowest BCUT2D eigenvalue weighted by atomic mass is 9.58. The molecule has 0 saturated heterocycles. The van der Waals surface area contributed by atoms with Gasteiger partial charge in [-0.2, -0.15) is 0 Å². The van der Waals surface area contributed by atoms with Crippen LogP contribution in [0.25, 0.3) is 10.9 Å². The van der Waals surface area contributed by atoms with E-state index in [2.05, 4.69) is 9.71 Å². The monoisotopic (exact) mass is 438 g/mol. The van der Waals surface area contributed by atoms with Crippen molar-refractivity contribution in [1.29, 1.82) is 0 Å². The van der Waals surface area contributed by atoms with Crippen LogP contribution in [-0.4, -0.2) is 31.0 Å². The quantitative estimate of drug-likeness (QED) is 0.751. The van der Waals surface area contributed by atoms with Crippen LogP contribution in [0.1, 0.15) is 47.5 Å². The molecule has 0 spiro atoms. The van der Waals surface area contributed by atoms with E-state index in [-0.39, 0.29) is 44.9 Å². The molecular formula is C21H27ClN2O4S. The van der Waals surface area contributed by atoms with Crippen molar-refractivity contribution in [3.8, 4) is 0 Å². The summed E-state index contributed by atoms with van der Waals surface area (Å²) in [6.45, 7) is 10.1. The van der Waals surface area contributed by atoms with Gasteiger partial charge in [-0.15, -0.1) is 0 Å². The zero-order valence-electron chi connectivity index (χ0n) is 17.3. The van der Waals surface area contributed by atoms with E-state index in [4.69, 9.17) is 16.3 Å². The molecule has 1 amide bonds. The van der Waals surface area contributed by atoms with Gasteiger partial charge in [0.15, 0.2) is 0 Å². The van der Waals surface area contributed by atoms with Gasteiger partial charge in [0.05, 0.1) is 17.2 Å². The van der Waals surface area contributed by atoms with E-state index in [0.29, 0.717) is 5.39 Å². The normalized spacial score (nSPS) is 21.6. The second-order valence-electron chi connectivity index (χ2n) is 9.18. The van der Waals surface area contributed by atoms with E-state index < -0.39 is 15.9 Å². The Morgan fingerprint density at radius 1 is 1.34 bits per heavy atom. The lowest BCUT2D eigenvalue weighted by Gasteiger charge is -2.53. The van der Waals surface area contributed by atoms with E-state index >= 15 is 0 Å². The summed E-state index contributed by atoms with van der Waals surface area (Å²) in [6.07, 6.45) is 2.38. The van der Waals surface area contributed by atoms with Gasteiger partial charge < -0.3 is 4.74 Å². The van der Waals surface area contributed by atoms with Gasteiger partial charge in [-0.25, -0.2) is 13.1 Å². The summed E-state index contributed by atoms with van der Waals surface area (Å²) in [5, 5.41) is 0.857. The predicted molar refractivity (Wildman–Crippen MR) is 113 cm³/mol. The molecule has 0 aliphatic heterocycles. The lowest BCUT2D eigenvalue weighted by Crippen LogP contribution is -2.54. The highest BCUT2D eigenvalue weighted by Crippen LogP contribution is 2.51. The average molecular weight is 439 g/mol. The van der Waals surface area contributed by atoms with Gasteiger partial charge in [0, 0.05) is 23.0 Å². The highest BCUT2D eigenvalue weighted by molar-refractivity contribution is 7.90. The van der Waals surface area contributed by atoms with Crippen LogP contribution in [0.5, 0.6) is 0 Å². The van der Waals surface area contributed by atoms with Crippen LogP contribution in [0, 0.1) is 11.3 Å². The number of nitrogens with one attached hydrogen (secondary N) is 1. The number of carbonyl (C=O) groups is 1. The molecule has 8 heteroatoms. The number of hydrogen-bond donors (Lipinski definition) is 1. The molecule has 1 aromatic heterocycles. The van der Waals surface area contributed by atoms with Crippen molar-refractivity contribution >= 4 is 38.4 Å². The first-order chi connectivity index (χ1) is 13.3. The fraction of sp³-hybridized carbons (Fsp3) is 0.524. The molecule has 3 rings (SSSR count). The number of halogens is 1. The molecule has 1 saturated carbocycles. The minimum Gasteiger partial charge on any atom is -0.372 e. The molecule has 2 atom stereocenters. The van der Waals surface area contributed by atoms with Crippen molar-refractivity contribution in [3.05, 3.63) is 35.5 Å². The Morgan fingerprint density at radius 2 is 2.03 bits per heavy atom. The Hall–Kier alpha value is -1.70. The Labute approximate surface area is 177 Å². The summed E-state index contributed by atoms with van der Waals surface area (Å²) >= 11 is 6.07. The third-order valence-corrected chi connectivity index (χ3v) is 7.09. The van der Waals surface area contributed by atoms with Gasteiger partial charge >= 0.3 is 0 Å². The van der Waals surface area contributed by atoms with Crippen LogP contribution in [-0.2, 0) is 19.6 Å². The summed E-state index contributed by atoms with van der Waals surface area (Å²) in [6, 6.07) is 6.37. The van der Waals surface area contributed by atoms with E-state index in [9.17, 15) is 13.2 Å². The minimum atomic E-state index is -4.10. The number of pyridine rings is 1. The second-order valence-corrected chi connectivity index (χ2v) is 11.3. The zero-order chi connectivity index (χ0) is 21.6. The van der Waals surface area contributed by atoms with E-state index in [1.165, 1.54) is 12.3 Å². The number of sulfonamides is 1. The molecule has 0 bridgehead atoms. The van der Waals surface area contributed by atoms with E-state index in [1.807, 2.05) is 34.6 Å². The average Bonchev–Trinajstić information content (AvgIpc) is 2.58. The number of aromatic nitrogens is 1. The number of fused-ring (bicyclic) bond motifs is 1. The maximum absolute atomic E-state index is 12.9. The Balaban J connectivity index is 1.73. The Morgan fingerprint density at radius 3 is 2.66 bits per heavy atom. The molecule has 2 unspecified atom stereocenters. The number of benzene rings is 1. The maximum Gasteiger partial charge on any atom is 0.266 e. The highest BCUT2D eigenvalue weighted by atomic mass is 35.5. The van der Waals surface area contributed by atoms with Crippen LogP contribution >= 0.6 is 11.6 Å². The summed E-state index contributed by atoms with van der Waals surface area (Å²) in [5.41, 5.74) is -0.197. The van der Waals surface area contributed by atoms with Gasteiger partial charge in [-0.05, 0) is 56.7 Å². The van der Waals surface area contributed by atoms with Crippen molar-refractivity contribution in [2.24, 2.45) is 11.3 Å². The fourth-order valence-electron chi connectivity index (χ4n) is 3.74. The lowest BCUT2D eigenvalue weighted by molar-refractivity contribution is -0.190. The van der Waals surface area contributed by atoms with Crippen LogP contribution in [0.3, 0.4) is 0 Å². The topological polar surface area (TPSA) is 85.4 Å². The smallest absolute Gasteiger partial charge is 0.266 e. The zero-order valence-corrected chi connectivity index (χ0v) is 18.9. The third kappa shape index (κ3) is 4.73. The first-order valence-corrected chi connectivity index (χ1v) is 11.4. The van der Waals surface area contributed by atoms with Crippen LogP contribution in [0.4, 0.5) is 0 Å². The first-order valence-electron chi connectivity index (χ1n) is 9.57. The van der Waals surface area contributed by atoms with Gasteiger partial charge in [0.2, 0.25) is 5.91 Å². The first kappa shape index (κ1) is 22.0. The SMILES string of the molecule is CC(C)(C)OC1CC(CC(=O)NS(=O)(=O)c2cc(Cl)cc3cccnc23)C1(C)C. The minimum absolute atomic E-state index is 0.0398. The standard InChI is InChI=1S/C21H27ClN2O4S/c1-20(2,3)28-17-10-14(21(17,4)5)11-18(25)24-29(26,27)16-12-15(22)9-13-7-6-8-23-19(13)16/h6-9,12,14,17H,10-11H2,1-5H3,(H,24,25). The molecule has 1 fully saturated rings. The maximum atomic E-state index is 12.9. The molecule has 1 aliphatic carbocycles. The molecule has 6 nitrogen and oxygen atoms in total. The number of rotatable bonds is 5. The molecule has 1 heterocycles. The highest BCUT2D eigenvalue weighted by Gasteiger charge is 2.50. The number of hydrogen-bond acceptors (Lipinski definition) is 5. The van der Waals surface area contributed by atoms with Gasteiger partial charge in [-0.3, -0.25) is 9.78 Å². The summed E-state index contributed by atoms with van der Waals surface area (Å²) in [4.78, 5) is 16.6. The number of nitrogens with zero attached hydrogens (tertiary/aromatic N) is 1. The molecular weight excluding hydrogens is 412 g/mol. The van der Waals surface area contributed by atoms with Gasteiger partial charge in [0.25, 0.3) is 10.0 Å². The molecule has 0 radical (unpaired) electrons. The van der Waals surface area contributed by atoms with E-state index in [1.54, 1.807) is 18.2 Å². The van der Waals surface area contributed by atoms with Crippen LogP contribution in [0.15, 0.2) is 35.4 Å². The second kappa shape index (κ2) is 7.52. The van der Waals surface area contributed by atoms with Crippen molar-refractivity contribution in [2.75, 3.05) is 0 Å². The van der Waals surface area contributed by atoms with Crippen molar-refractivity contribution in [3.63, 3.8) is 0 Å². The van der Waals surface area contributed by atoms with E-state index in [0.717, 1.165) is 6.42 Å². The van der Waals surface area contributed by atoms with Crippen LogP contribution in [0.2, 0.25) is 5.02 Å².